The molecule has 0 amide bonds. The number of fused-ring (bicyclic) bond motifs is 1. The first-order chi connectivity index (χ1) is 9.61. The summed E-state index contributed by atoms with van der Waals surface area (Å²) in [4.78, 5) is 13.3. The lowest BCUT2D eigenvalue weighted by Crippen LogP contribution is -2.33. The molecule has 0 spiro atoms. The average molecular weight is 311 g/mol. The Bertz CT molecular complexity index is 606. The van der Waals surface area contributed by atoms with Crippen molar-refractivity contribution in [1.29, 1.82) is 0 Å². The van der Waals surface area contributed by atoms with E-state index in [1.54, 1.807) is 11.3 Å². The minimum Gasteiger partial charge on any atom is -0.366 e. The number of aromatic nitrogens is 2. The molecule has 108 valence electrons. The van der Waals surface area contributed by atoms with E-state index >= 15 is 0 Å². The first-order valence-electron chi connectivity index (χ1n) is 7.04. The fourth-order valence-electron chi connectivity index (χ4n) is 2.76. The lowest BCUT2D eigenvalue weighted by atomic mass is 10.3. The smallest absolute Gasteiger partial charge is 0.225 e. The van der Waals surface area contributed by atoms with Gasteiger partial charge in [0.2, 0.25) is 5.28 Å². The van der Waals surface area contributed by atoms with Gasteiger partial charge in [0, 0.05) is 17.5 Å². The van der Waals surface area contributed by atoms with Gasteiger partial charge in [0.25, 0.3) is 0 Å². The van der Waals surface area contributed by atoms with Crippen molar-refractivity contribution in [3.05, 3.63) is 16.2 Å². The zero-order chi connectivity index (χ0) is 14.1. The van der Waals surface area contributed by atoms with Gasteiger partial charge in [-0.25, -0.2) is 9.97 Å². The number of hydrogen-bond acceptors (Lipinski definition) is 5. The predicted octanol–water partition coefficient (Wildman–Crippen LogP) is 3.55. The number of nitrogens with one attached hydrogen (secondary N) is 1. The Morgan fingerprint density at radius 1 is 1.40 bits per heavy atom. The van der Waals surface area contributed by atoms with Gasteiger partial charge in [-0.1, -0.05) is 0 Å². The molecule has 2 aromatic heterocycles. The molecule has 6 heteroatoms. The van der Waals surface area contributed by atoms with Gasteiger partial charge in [-0.05, 0) is 57.4 Å². The molecule has 1 aliphatic rings. The van der Waals surface area contributed by atoms with Crippen LogP contribution in [0.5, 0.6) is 0 Å². The van der Waals surface area contributed by atoms with Crippen LogP contribution in [0.2, 0.25) is 5.28 Å². The first kappa shape index (κ1) is 14.0. The second-order valence-electron chi connectivity index (χ2n) is 5.47. The van der Waals surface area contributed by atoms with Gasteiger partial charge >= 0.3 is 0 Å². The van der Waals surface area contributed by atoms with Crippen molar-refractivity contribution in [3.63, 3.8) is 0 Å². The van der Waals surface area contributed by atoms with Crippen molar-refractivity contribution < 1.29 is 0 Å². The van der Waals surface area contributed by atoms with Crippen LogP contribution in [0.1, 0.15) is 24.6 Å². The standard InChI is InChI=1S/C14H19ClN4S/c1-9(8-19-5-3-4-6-19)16-12-11-7-10(2)20-13(11)18-14(15)17-12/h7,9H,3-6,8H2,1-2H3,(H,16,17,18). The normalized spacial score (nSPS) is 17.8. The molecule has 20 heavy (non-hydrogen) atoms. The molecule has 3 rings (SSSR count). The number of rotatable bonds is 4. The van der Waals surface area contributed by atoms with Crippen molar-refractivity contribution in [2.24, 2.45) is 0 Å². The Balaban J connectivity index is 1.78. The molecule has 0 radical (unpaired) electrons. The minimum absolute atomic E-state index is 0.315. The van der Waals surface area contributed by atoms with Gasteiger partial charge in [-0.15, -0.1) is 11.3 Å². The van der Waals surface area contributed by atoms with E-state index in [-0.39, 0.29) is 0 Å². The van der Waals surface area contributed by atoms with Gasteiger partial charge in [-0.3, -0.25) is 0 Å². The number of nitrogens with zero attached hydrogens (tertiary/aromatic N) is 3. The fraction of sp³-hybridized carbons (Fsp3) is 0.571. The summed E-state index contributed by atoms with van der Waals surface area (Å²) in [6.07, 6.45) is 2.64. The van der Waals surface area contributed by atoms with E-state index in [1.165, 1.54) is 30.8 Å². The summed E-state index contributed by atoms with van der Waals surface area (Å²) in [5, 5.41) is 4.88. The summed E-state index contributed by atoms with van der Waals surface area (Å²) in [6.45, 7) is 7.75. The van der Waals surface area contributed by atoms with E-state index in [0.717, 1.165) is 22.6 Å². The molecule has 1 aliphatic heterocycles. The van der Waals surface area contributed by atoms with Crippen LogP contribution in [0.3, 0.4) is 0 Å². The molecular weight excluding hydrogens is 292 g/mol. The summed E-state index contributed by atoms with van der Waals surface area (Å²) in [7, 11) is 0. The van der Waals surface area contributed by atoms with Crippen molar-refractivity contribution in [2.45, 2.75) is 32.7 Å². The van der Waals surface area contributed by atoms with Crippen LogP contribution in [-0.2, 0) is 0 Å². The van der Waals surface area contributed by atoms with Crippen molar-refractivity contribution >= 4 is 39.0 Å². The average Bonchev–Trinajstić information content (AvgIpc) is 2.97. The summed E-state index contributed by atoms with van der Waals surface area (Å²) in [6, 6.07) is 2.48. The third-order valence-corrected chi connectivity index (χ3v) is 4.72. The molecule has 1 fully saturated rings. The minimum atomic E-state index is 0.315. The molecule has 0 aromatic carbocycles. The number of aryl methyl sites for hydroxylation is 1. The number of halogens is 1. The first-order valence-corrected chi connectivity index (χ1v) is 8.24. The molecule has 4 nitrogen and oxygen atoms in total. The van der Waals surface area contributed by atoms with Crippen molar-refractivity contribution in [3.8, 4) is 0 Å². The lowest BCUT2D eigenvalue weighted by Gasteiger charge is -2.21. The van der Waals surface area contributed by atoms with E-state index in [0.29, 0.717) is 11.3 Å². The van der Waals surface area contributed by atoms with Crippen LogP contribution in [0.25, 0.3) is 10.2 Å². The summed E-state index contributed by atoms with van der Waals surface area (Å²) in [5.74, 6) is 0.857. The third kappa shape index (κ3) is 3.05. The van der Waals surface area contributed by atoms with Crippen LogP contribution in [0, 0.1) is 6.92 Å². The van der Waals surface area contributed by atoms with Gasteiger partial charge < -0.3 is 10.2 Å². The van der Waals surface area contributed by atoms with Crippen LogP contribution >= 0.6 is 22.9 Å². The highest BCUT2D eigenvalue weighted by Gasteiger charge is 2.16. The topological polar surface area (TPSA) is 41.0 Å². The van der Waals surface area contributed by atoms with Crippen LogP contribution < -0.4 is 5.32 Å². The van der Waals surface area contributed by atoms with Crippen LogP contribution in [0.4, 0.5) is 5.82 Å². The second-order valence-corrected chi connectivity index (χ2v) is 7.04. The fourth-order valence-corrected chi connectivity index (χ4v) is 3.86. The maximum Gasteiger partial charge on any atom is 0.225 e. The number of anilines is 1. The van der Waals surface area contributed by atoms with Gasteiger partial charge in [0.05, 0.1) is 5.39 Å². The molecular formula is C14H19ClN4S. The van der Waals surface area contributed by atoms with E-state index in [1.807, 2.05) is 0 Å². The Morgan fingerprint density at radius 3 is 2.90 bits per heavy atom. The second kappa shape index (κ2) is 5.84. The molecule has 1 atom stereocenters. The van der Waals surface area contributed by atoms with Crippen molar-refractivity contribution in [2.75, 3.05) is 25.0 Å². The van der Waals surface area contributed by atoms with Gasteiger partial charge in [0.1, 0.15) is 10.6 Å². The van der Waals surface area contributed by atoms with Crippen LogP contribution in [0.15, 0.2) is 6.07 Å². The lowest BCUT2D eigenvalue weighted by molar-refractivity contribution is 0.327. The van der Waals surface area contributed by atoms with Gasteiger partial charge in [0.15, 0.2) is 0 Å². The summed E-state index contributed by atoms with van der Waals surface area (Å²) >= 11 is 7.68. The zero-order valence-electron chi connectivity index (χ0n) is 11.8. The van der Waals surface area contributed by atoms with Gasteiger partial charge in [-0.2, -0.15) is 0 Å². The largest absolute Gasteiger partial charge is 0.366 e. The van der Waals surface area contributed by atoms with Crippen molar-refractivity contribution in [1.82, 2.24) is 14.9 Å². The highest BCUT2D eigenvalue weighted by Crippen LogP contribution is 2.29. The highest BCUT2D eigenvalue weighted by molar-refractivity contribution is 7.18. The molecule has 1 saturated heterocycles. The molecule has 2 aromatic rings. The third-order valence-electron chi connectivity index (χ3n) is 3.60. The molecule has 1 unspecified atom stereocenters. The summed E-state index contributed by atoms with van der Waals surface area (Å²) in [5.41, 5.74) is 0. The summed E-state index contributed by atoms with van der Waals surface area (Å²) < 4.78 is 0. The molecule has 0 saturated carbocycles. The predicted molar refractivity (Wildman–Crippen MR) is 85.9 cm³/mol. The van der Waals surface area contributed by atoms with E-state index < -0.39 is 0 Å². The Kier molecular flexibility index (Phi) is 4.10. The SMILES string of the molecule is Cc1cc2c(NC(C)CN3CCCC3)nc(Cl)nc2s1. The van der Waals surface area contributed by atoms with E-state index in [2.05, 4.69) is 40.1 Å². The Hall–Kier alpha value is -0.910. The monoisotopic (exact) mass is 310 g/mol. The molecule has 0 aliphatic carbocycles. The number of likely N-dealkylation sites (tertiary alicyclic amines) is 1. The highest BCUT2D eigenvalue weighted by atomic mass is 35.5. The Labute approximate surface area is 128 Å². The molecule has 0 bridgehead atoms. The molecule has 1 N–H and O–H groups in total. The van der Waals surface area contributed by atoms with E-state index in [9.17, 15) is 0 Å². The number of thiophene rings is 1. The quantitative estimate of drug-likeness (QED) is 0.877. The maximum atomic E-state index is 6.02. The Morgan fingerprint density at radius 2 is 2.15 bits per heavy atom. The maximum absolute atomic E-state index is 6.02. The van der Waals surface area contributed by atoms with E-state index in [4.69, 9.17) is 11.6 Å². The number of hydrogen-bond donors (Lipinski definition) is 1. The zero-order valence-corrected chi connectivity index (χ0v) is 13.4. The van der Waals surface area contributed by atoms with Crippen LogP contribution in [-0.4, -0.2) is 40.5 Å². The molecule has 3 heterocycles.